The molecule has 0 atom stereocenters. The molecule has 2 heterocycles. The summed E-state index contributed by atoms with van der Waals surface area (Å²) in [5, 5.41) is 7.09. The first kappa shape index (κ1) is 19.6. The van der Waals surface area contributed by atoms with E-state index in [1.807, 2.05) is 17.9 Å². The van der Waals surface area contributed by atoms with Crippen LogP contribution >= 0.6 is 12.2 Å². The van der Waals surface area contributed by atoms with E-state index in [1.54, 1.807) is 6.07 Å². The number of nitrogens with one attached hydrogen (secondary N) is 1. The molecule has 0 bridgehead atoms. The van der Waals surface area contributed by atoms with Gasteiger partial charge >= 0.3 is 6.18 Å². The number of thiocarbonyl (C=S) groups is 1. The highest BCUT2D eigenvalue weighted by Gasteiger charge is 2.33. The number of halogens is 3. The summed E-state index contributed by atoms with van der Waals surface area (Å²) in [7, 11) is 0. The van der Waals surface area contributed by atoms with Crippen LogP contribution in [-0.4, -0.2) is 46.2 Å². The monoisotopic (exact) mass is 398 g/mol. The van der Waals surface area contributed by atoms with Crippen LogP contribution in [0.5, 0.6) is 0 Å². The van der Waals surface area contributed by atoms with E-state index in [0.29, 0.717) is 24.7 Å². The zero-order valence-corrected chi connectivity index (χ0v) is 15.7. The molecule has 1 aromatic heterocycles. The molecule has 5 nitrogen and oxygen atoms in total. The number of alkyl halides is 3. The Hall–Kier alpha value is -2.13. The molecule has 27 heavy (non-hydrogen) atoms. The molecule has 0 radical (unpaired) electrons. The van der Waals surface area contributed by atoms with Gasteiger partial charge in [-0.05, 0) is 37.7 Å². The molecule has 1 aliphatic rings. The Balaban J connectivity index is 1.60. The van der Waals surface area contributed by atoms with Gasteiger partial charge in [-0.1, -0.05) is 17.3 Å². The van der Waals surface area contributed by atoms with E-state index in [9.17, 15) is 13.2 Å². The van der Waals surface area contributed by atoms with Gasteiger partial charge in [-0.3, -0.25) is 4.90 Å². The predicted molar refractivity (Wildman–Crippen MR) is 100 cm³/mol. The molecular weight excluding hydrogens is 377 g/mol. The minimum absolute atomic E-state index is 0.0193. The van der Waals surface area contributed by atoms with Gasteiger partial charge in [-0.25, -0.2) is 0 Å². The first-order valence-corrected chi connectivity index (χ1v) is 9.10. The summed E-state index contributed by atoms with van der Waals surface area (Å²) < 4.78 is 44.5. The standard InChI is InChI=1S/C18H21F3N4OS/c1-13-11-14(23-26-13)12-24-7-4-8-25(10-9-24)17(27)22-16-6-3-2-5-15(16)18(19,20)21/h2-3,5-6,11H,4,7-10,12H2,1H3,(H,22,27). The molecule has 1 aliphatic heterocycles. The van der Waals surface area contributed by atoms with Crippen molar-refractivity contribution in [2.24, 2.45) is 0 Å². The molecular formula is C18H21F3N4OS. The van der Waals surface area contributed by atoms with Crippen LogP contribution in [0.15, 0.2) is 34.9 Å². The highest BCUT2D eigenvalue weighted by atomic mass is 32.1. The predicted octanol–water partition coefficient (Wildman–Crippen LogP) is 3.91. The lowest BCUT2D eigenvalue weighted by atomic mass is 10.1. The molecule has 146 valence electrons. The minimum Gasteiger partial charge on any atom is -0.361 e. The van der Waals surface area contributed by atoms with E-state index in [2.05, 4.69) is 15.4 Å². The van der Waals surface area contributed by atoms with Gasteiger partial charge in [0.05, 0.1) is 16.9 Å². The Morgan fingerprint density at radius 3 is 2.70 bits per heavy atom. The molecule has 1 saturated heterocycles. The lowest BCUT2D eigenvalue weighted by Crippen LogP contribution is -2.38. The zero-order valence-electron chi connectivity index (χ0n) is 14.9. The number of anilines is 1. The molecule has 1 N–H and O–H groups in total. The third kappa shape index (κ3) is 5.20. The zero-order chi connectivity index (χ0) is 19.4. The molecule has 0 aliphatic carbocycles. The van der Waals surface area contributed by atoms with Crippen molar-refractivity contribution >= 4 is 23.0 Å². The normalized spacial score (nSPS) is 16.2. The van der Waals surface area contributed by atoms with Gasteiger partial charge in [0.25, 0.3) is 0 Å². The van der Waals surface area contributed by atoms with Crippen molar-refractivity contribution < 1.29 is 17.7 Å². The molecule has 0 spiro atoms. The Morgan fingerprint density at radius 2 is 2.00 bits per heavy atom. The molecule has 0 amide bonds. The van der Waals surface area contributed by atoms with Crippen molar-refractivity contribution in [1.82, 2.24) is 15.0 Å². The highest BCUT2D eigenvalue weighted by Crippen LogP contribution is 2.34. The van der Waals surface area contributed by atoms with Crippen molar-refractivity contribution in [1.29, 1.82) is 0 Å². The first-order valence-electron chi connectivity index (χ1n) is 8.69. The quantitative estimate of drug-likeness (QED) is 0.791. The average molecular weight is 398 g/mol. The van der Waals surface area contributed by atoms with Gasteiger partial charge < -0.3 is 14.7 Å². The molecule has 0 unspecified atom stereocenters. The highest BCUT2D eigenvalue weighted by molar-refractivity contribution is 7.80. The average Bonchev–Trinajstić information content (AvgIpc) is 2.87. The number of aromatic nitrogens is 1. The lowest BCUT2D eigenvalue weighted by molar-refractivity contribution is -0.136. The van der Waals surface area contributed by atoms with Crippen LogP contribution in [0, 0.1) is 6.92 Å². The van der Waals surface area contributed by atoms with Crippen molar-refractivity contribution in [3.8, 4) is 0 Å². The number of hydrogen-bond acceptors (Lipinski definition) is 4. The summed E-state index contributed by atoms with van der Waals surface area (Å²) >= 11 is 5.37. The van der Waals surface area contributed by atoms with Gasteiger partial charge in [0.2, 0.25) is 0 Å². The van der Waals surface area contributed by atoms with Crippen molar-refractivity contribution in [2.45, 2.75) is 26.1 Å². The van der Waals surface area contributed by atoms with Crippen molar-refractivity contribution in [2.75, 3.05) is 31.5 Å². The van der Waals surface area contributed by atoms with Gasteiger partial charge in [-0.2, -0.15) is 13.2 Å². The van der Waals surface area contributed by atoms with Crippen LogP contribution in [0.4, 0.5) is 18.9 Å². The maximum atomic E-state index is 13.1. The topological polar surface area (TPSA) is 44.5 Å². The van der Waals surface area contributed by atoms with E-state index in [1.165, 1.54) is 12.1 Å². The molecule has 9 heteroatoms. The second-order valence-corrected chi connectivity index (χ2v) is 6.91. The smallest absolute Gasteiger partial charge is 0.361 e. The first-order chi connectivity index (χ1) is 12.8. The third-order valence-electron chi connectivity index (χ3n) is 4.41. The number of rotatable bonds is 3. The Labute approximate surface area is 161 Å². The maximum Gasteiger partial charge on any atom is 0.418 e. The van der Waals surface area contributed by atoms with Gasteiger partial charge in [0, 0.05) is 38.8 Å². The largest absolute Gasteiger partial charge is 0.418 e. The summed E-state index contributed by atoms with van der Waals surface area (Å²) in [6.07, 6.45) is -3.57. The Morgan fingerprint density at radius 1 is 1.22 bits per heavy atom. The third-order valence-corrected chi connectivity index (χ3v) is 4.77. The van der Waals surface area contributed by atoms with E-state index in [0.717, 1.165) is 37.0 Å². The van der Waals surface area contributed by atoms with Crippen molar-refractivity contribution in [3.63, 3.8) is 0 Å². The molecule has 3 rings (SSSR count). The van der Waals surface area contributed by atoms with E-state index < -0.39 is 11.7 Å². The summed E-state index contributed by atoms with van der Waals surface area (Å²) in [5.41, 5.74) is 0.139. The SMILES string of the molecule is Cc1cc(CN2CCCN(C(=S)Nc3ccccc3C(F)(F)F)CC2)no1. The van der Waals surface area contributed by atoms with E-state index in [-0.39, 0.29) is 5.69 Å². The molecule has 1 fully saturated rings. The van der Waals surface area contributed by atoms with Gasteiger partial charge in [0.1, 0.15) is 5.76 Å². The van der Waals surface area contributed by atoms with Crippen molar-refractivity contribution in [3.05, 3.63) is 47.3 Å². The van der Waals surface area contributed by atoms with Gasteiger partial charge in [-0.15, -0.1) is 0 Å². The van der Waals surface area contributed by atoms with Gasteiger partial charge in [0.15, 0.2) is 5.11 Å². The molecule has 0 saturated carbocycles. The number of benzene rings is 1. The summed E-state index contributed by atoms with van der Waals surface area (Å²) in [6, 6.07) is 7.28. The number of para-hydroxylation sites is 1. The second-order valence-electron chi connectivity index (χ2n) is 6.52. The number of hydrogen-bond donors (Lipinski definition) is 1. The van der Waals surface area contributed by atoms with Crippen LogP contribution < -0.4 is 5.32 Å². The summed E-state index contributed by atoms with van der Waals surface area (Å²) in [5.74, 6) is 0.773. The maximum absolute atomic E-state index is 13.1. The molecule has 1 aromatic carbocycles. The summed E-state index contributed by atoms with van der Waals surface area (Å²) in [4.78, 5) is 4.15. The molecule has 2 aromatic rings. The van der Waals surface area contributed by atoms with Crippen LogP contribution in [0.2, 0.25) is 0 Å². The fourth-order valence-corrected chi connectivity index (χ4v) is 3.38. The summed E-state index contributed by atoms with van der Waals surface area (Å²) in [6.45, 7) is 5.47. The number of aryl methyl sites for hydroxylation is 1. The Kier molecular flexibility index (Phi) is 6.01. The van der Waals surface area contributed by atoms with E-state index in [4.69, 9.17) is 16.7 Å². The fourth-order valence-electron chi connectivity index (χ4n) is 3.09. The van der Waals surface area contributed by atoms with Crippen LogP contribution in [0.25, 0.3) is 0 Å². The van der Waals surface area contributed by atoms with E-state index >= 15 is 0 Å². The van der Waals surface area contributed by atoms with Crippen LogP contribution in [-0.2, 0) is 12.7 Å². The Bertz CT molecular complexity index is 793. The lowest BCUT2D eigenvalue weighted by Gasteiger charge is -2.25. The minimum atomic E-state index is -4.43. The van der Waals surface area contributed by atoms with Crippen LogP contribution in [0.3, 0.4) is 0 Å². The number of nitrogens with zero attached hydrogens (tertiary/aromatic N) is 3. The fraction of sp³-hybridized carbons (Fsp3) is 0.444. The second kappa shape index (κ2) is 8.26. The van der Waals surface area contributed by atoms with Crippen LogP contribution in [0.1, 0.15) is 23.4 Å².